The summed E-state index contributed by atoms with van der Waals surface area (Å²) in [6.45, 7) is 0.871. The van der Waals surface area contributed by atoms with Gasteiger partial charge in [-0.2, -0.15) is 23.4 Å². The van der Waals surface area contributed by atoms with Gasteiger partial charge in [-0.05, 0) is 37.3 Å². The van der Waals surface area contributed by atoms with E-state index in [9.17, 15) is 18.4 Å². The van der Waals surface area contributed by atoms with Gasteiger partial charge in [0.15, 0.2) is 6.10 Å². The summed E-state index contributed by atoms with van der Waals surface area (Å²) >= 11 is 0. The van der Waals surface area contributed by atoms with Crippen LogP contribution in [0.2, 0.25) is 0 Å². The van der Waals surface area contributed by atoms with E-state index in [1.165, 1.54) is 18.2 Å². The number of H-pyrrole nitrogens is 1. The quantitative estimate of drug-likeness (QED) is 0.543. The minimum absolute atomic E-state index is 0.0738. The summed E-state index contributed by atoms with van der Waals surface area (Å²) in [6.07, 6.45) is -3.25. The van der Waals surface area contributed by atoms with Crippen LogP contribution in [0.25, 0.3) is 33.9 Å². The Labute approximate surface area is 161 Å². The van der Waals surface area contributed by atoms with E-state index in [0.29, 0.717) is 22.6 Å². The van der Waals surface area contributed by atoms with Crippen molar-refractivity contribution in [3.05, 3.63) is 48.3 Å². The normalized spacial score (nSPS) is 12.7. The standard InChI is InChI=1S/C19H12F3N5O2/c1-10(19(20,21)22)28-15-3-2-11(8-12(15)9-23)18-26-17(27-29-18)14-5-7-25-16-13(14)4-6-24-16/h2-8,10H,1H3,(H,24,25). The first-order valence-electron chi connectivity index (χ1n) is 8.41. The lowest BCUT2D eigenvalue weighted by Gasteiger charge is -2.18. The molecule has 0 radical (unpaired) electrons. The molecule has 7 nitrogen and oxygen atoms in total. The van der Waals surface area contributed by atoms with Crippen LogP contribution in [0.1, 0.15) is 12.5 Å². The molecule has 0 bridgehead atoms. The highest BCUT2D eigenvalue weighted by Crippen LogP contribution is 2.31. The molecule has 0 aliphatic carbocycles. The Hall–Kier alpha value is -3.87. The number of halogens is 3. The van der Waals surface area contributed by atoms with E-state index in [-0.39, 0.29) is 17.2 Å². The average Bonchev–Trinajstić information content (AvgIpc) is 3.36. The third-order valence-electron chi connectivity index (χ3n) is 4.24. The number of rotatable bonds is 4. The van der Waals surface area contributed by atoms with Crippen molar-refractivity contribution in [2.24, 2.45) is 0 Å². The van der Waals surface area contributed by atoms with Crippen LogP contribution in [-0.4, -0.2) is 32.4 Å². The zero-order chi connectivity index (χ0) is 20.6. The molecule has 29 heavy (non-hydrogen) atoms. The van der Waals surface area contributed by atoms with E-state index < -0.39 is 12.3 Å². The van der Waals surface area contributed by atoms with Crippen LogP contribution in [0.4, 0.5) is 13.2 Å². The average molecular weight is 399 g/mol. The van der Waals surface area contributed by atoms with E-state index in [2.05, 4.69) is 20.1 Å². The highest BCUT2D eigenvalue weighted by Gasteiger charge is 2.38. The minimum Gasteiger partial charge on any atom is -0.480 e. The summed E-state index contributed by atoms with van der Waals surface area (Å²) in [7, 11) is 0. The molecule has 0 fully saturated rings. The summed E-state index contributed by atoms with van der Waals surface area (Å²) < 4.78 is 48.3. The lowest BCUT2D eigenvalue weighted by Crippen LogP contribution is -2.31. The number of nitriles is 1. The van der Waals surface area contributed by atoms with Crippen molar-refractivity contribution < 1.29 is 22.4 Å². The molecule has 4 aromatic rings. The number of nitrogens with zero attached hydrogens (tertiary/aromatic N) is 4. The molecular weight excluding hydrogens is 387 g/mol. The molecule has 4 rings (SSSR count). The summed E-state index contributed by atoms with van der Waals surface area (Å²) in [5.41, 5.74) is 1.67. The number of nitrogens with one attached hydrogen (secondary N) is 1. The molecule has 146 valence electrons. The first kappa shape index (κ1) is 18.5. The predicted molar refractivity (Wildman–Crippen MR) is 95.7 cm³/mol. The van der Waals surface area contributed by atoms with Gasteiger partial charge >= 0.3 is 6.18 Å². The van der Waals surface area contributed by atoms with Gasteiger partial charge in [-0.3, -0.25) is 0 Å². The van der Waals surface area contributed by atoms with Crippen LogP contribution in [-0.2, 0) is 0 Å². The Bertz CT molecular complexity index is 1220. The largest absolute Gasteiger partial charge is 0.480 e. The fraction of sp³-hybridized carbons (Fsp3) is 0.158. The Kier molecular flexibility index (Phi) is 4.43. The van der Waals surface area contributed by atoms with Crippen molar-refractivity contribution in [2.45, 2.75) is 19.2 Å². The first-order valence-corrected chi connectivity index (χ1v) is 8.41. The number of aromatic amines is 1. The van der Waals surface area contributed by atoms with Crippen molar-refractivity contribution in [1.29, 1.82) is 5.26 Å². The third kappa shape index (κ3) is 3.50. The summed E-state index contributed by atoms with van der Waals surface area (Å²) in [5.74, 6) is 0.257. The van der Waals surface area contributed by atoms with Crippen molar-refractivity contribution in [1.82, 2.24) is 20.1 Å². The molecular formula is C19H12F3N5O2. The van der Waals surface area contributed by atoms with Crippen LogP contribution < -0.4 is 4.74 Å². The molecule has 1 atom stereocenters. The van der Waals surface area contributed by atoms with Gasteiger partial charge in [-0.15, -0.1) is 0 Å². The van der Waals surface area contributed by atoms with Gasteiger partial charge < -0.3 is 14.2 Å². The molecule has 3 heterocycles. The third-order valence-corrected chi connectivity index (χ3v) is 4.24. The SMILES string of the molecule is CC(Oc1ccc(-c2nc(-c3ccnc4[nH]ccc34)no2)cc1C#N)C(F)(F)F. The Morgan fingerprint density at radius 3 is 2.83 bits per heavy atom. The fourth-order valence-corrected chi connectivity index (χ4v) is 2.72. The minimum atomic E-state index is -4.54. The number of fused-ring (bicyclic) bond motifs is 1. The van der Waals surface area contributed by atoms with Gasteiger partial charge in [0, 0.05) is 28.9 Å². The lowest BCUT2D eigenvalue weighted by molar-refractivity contribution is -0.189. The monoisotopic (exact) mass is 399 g/mol. The van der Waals surface area contributed by atoms with Crippen LogP contribution in [0, 0.1) is 11.3 Å². The maximum Gasteiger partial charge on any atom is 0.425 e. The number of alkyl halides is 3. The molecule has 0 saturated carbocycles. The van der Waals surface area contributed by atoms with E-state index >= 15 is 0 Å². The van der Waals surface area contributed by atoms with Crippen LogP contribution in [0.3, 0.4) is 0 Å². The van der Waals surface area contributed by atoms with E-state index in [1.54, 1.807) is 18.5 Å². The van der Waals surface area contributed by atoms with E-state index in [1.807, 2.05) is 12.1 Å². The Morgan fingerprint density at radius 1 is 1.24 bits per heavy atom. The number of aromatic nitrogens is 4. The second-order valence-corrected chi connectivity index (χ2v) is 6.15. The second-order valence-electron chi connectivity index (χ2n) is 6.15. The van der Waals surface area contributed by atoms with E-state index in [0.717, 1.165) is 12.3 Å². The number of ether oxygens (including phenoxy) is 1. The highest BCUT2D eigenvalue weighted by molar-refractivity contribution is 5.90. The smallest absolute Gasteiger partial charge is 0.425 e. The zero-order valence-electron chi connectivity index (χ0n) is 14.9. The first-order chi connectivity index (χ1) is 13.9. The highest BCUT2D eigenvalue weighted by atomic mass is 19.4. The zero-order valence-corrected chi connectivity index (χ0v) is 14.9. The number of hydrogen-bond acceptors (Lipinski definition) is 6. The molecule has 1 aromatic carbocycles. The molecule has 1 unspecified atom stereocenters. The van der Waals surface area contributed by atoms with E-state index in [4.69, 9.17) is 9.26 Å². The molecule has 0 amide bonds. The van der Waals surface area contributed by atoms with Gasteiger partial charge in [-0.25, -0.2) is 4.98 Å². The number of benzene rings is 1. The maximum absolute atomic E-state index is 12.7. The molecule has 0 saturated heterocycles. The Morgan fingerprint density at radius 2 is 2.07 bits per heavy atom. The molecule has 0 spiro atoms. The summed E-state index contributed by atoms with van der Waals surface area (Å²) in [6, 6.07) is 9.46. The Balaban J connectivity index is 1.66. The van der Waals surface area contributed by atoms with Crippen LogP contribution in [0.5, 0.6) is 5.75 Å². The number of hydrogen-bond donors (Lipinski definition) is 1. The van der Waals surface area contributed by atoms with Gasteiger partial charge in [-0.1, -0.05) is 5.16 Å². The molecule has 0 aliphatic rings. The summed E-state index contributed by atoms with van der Waals surface area (Å²) in [5, 5.41) is 14.1. The lowest BCUT2D eigenvalue weighted by atomic mass is 10.1. The van der Waals surface area contributed by atoms with Gasteiger partial charge in [0.05, 0.1) is 5.56 Å². The summed E-state index contributed by atoms with van der Waals surface area (Å²) in [4.78, 5) is 11.5. The fourth-order valence-electron chi connectivity index (χ4n) is 2.72. The van der Waals surface area contributed by atoms with Gasteiger partial charge in [0.2, 0.25) is 5.82 Å². The molecule has 3 aromatic heterocycles. The van der Waals surface area contributed by atoms with Crippen molar-refractivity contribution in [3.63, 3.8) is 0 Å². The molecule has 10 heteroatoms. The molecule has 0 aliphatic heterocycles. The maximum atomic E-state index is 12.7. The van der Waals surface area contributed by atoms with Crippen LogP contribution in [0.15, 0.2) is 47.2 Å². The van der Waals surface area contributed by atoms with Crippen molar-refractivity contribution in [3.8, 4) is 34.7 Å². The number of pyridine rings is 1. The topological polar surface area (TPSA) is 101 Å². The van der Waals surface area contributed by atoms with Crippen molar-refractivity contribution in [2.75, 3.05) is 0 Å². The van der Waals surface area contributed by atoms with Gasteiger partial charge in [0.25, 0.3) is 5.89 Å². The molecule has 1 N–H and O–H groups in total. The predicted octanol–water partition coefficient (Wildman–Crippen LogP) is 4.48. The van der Waals surface area contributed by atoms with Crippen molar-refractivity contribution >= 4 is 11.0 Å². The van der Waals surface area contributed by atoms with Gasteiger partial charge in [0.1, 0.15) is 17.5 Å². The van der Waals surface area contributed by atoms with Crippen LogP contribution >= 0.6 is 0 Å². The second kappa shape index (κ2) is 6.94.